The lowest BCUT2D eigenvalue weighted by Crippen LogP contribution is -2.35. The Labute approximate surface area is 124 Å². The normalized spacial score (nSPS) is 12.1. The van der Waals surface area contributed by atoms with Crippen molar-refractivity contribution in [2.24, 2.45) is 5.73 Å². The second kappa shape index (κ2) is 8.09. The van der Waals surface area contributed by atoms with Gasteiger partial charge in [0.15, 0.2) is 0 Å². The average molecular weight is 301 g/mol. The number of halogens is 1. The summed E-state index contributed by atoms with van der Waals surface area (Å²) in [4.78, 5) is 12.0. The van der Waals surface area contributed by atoms with Gasteiger partial charge in [-0.15, -0.1) is 0 Å². The Morgan fingerprint density at radius 2 is 2.15 bits per heavy atom. The van der Waals surface area contributed by atoms with E-state index in [1.54, 1.807) is 19.2 Å². The van der Waals surface area contributed by atoms with Gasteiger partial charge in [0.05, 0.1) is 18.8 Å². The molecule has 0 saturated heterocycles. The molecule has 0 aliphatic carbocycles. The van der Waals surface area contributed by atoms with Gasteiger partial charge in [-0.1, -0.05) is 11.6 Å². The topological polar surface area (TPSA) is 73.6 Å². The Hall–Kier alpha value is -1.30. The molecule has 1 unspecified atom stereocenters. The van der Waals surface area contributed by atoms with E-state index in [0.717, 1.165) is 12.0 Å². The van der Waals surface area contributed by atoms with Crippen LogP contribution in [0.3, 0.4) is 0 Å². The number of nitrogens with one attached hydrogen (secondary N) is 1. The average Bonchev–Trinajstić information content (AvgIpc) is 2.42. The van der Waals surface area contributed by atoms with Gasteiger partial charge in [-0.2, -0.15) is 0 Å². The van der Waals surface area contributed by atoms with Gasteiger partial charge in [-0.3, -0.25) is 4.79 Å². The molecular formula is C14H21ClN2O3. The van der Waals surface area contributed by atoms with E-state index in [2.05, 4.69) is 5.32 Å². The van der Waals surface area contributed by atoms with E-state index in [9.17, 15) is 4.79 Å². The van der Waals surface area contributed by atoms with E-state index in [1.165, 1.54) is 7.11 Å². The summed E-state index contributed by atoms with van der Waals surface area (Å²) in [7, 11) is 3.14. The summed E-state index contributed by atoms with van der Waals surface area (Å²) in [6.45, 7) is 2.44. The molecule has 1 aromatic carbocycles. The van der Waals surface area contributed by atoms with Crippen LogP contribution in [0.25, 0.3) is 0 Å². The molecule has 0 aliphatic heterocycles. The van der Waals surface area contributed by atoms with E-state index in [4.69, 9.17) is 26.8 Å². The van der Waals surface area contributed by atoms with Crippen LogP contribution in [0, 0.1) is 6.92 Å². The number of benzene rings is 1. The minimum absolute atomic E-state index is 0.249. The zero-order valence-corrected chi connectivity index (χ0v) is 12.8. The second-order valence-electron chi connectivity index (χ2n) is 4.53. The fourth-order valence-electron chi connectivity index (χ4n) is 1.73. The van der Waals surface area contributed by atoms with Gasteiger partial charge in [-0.25, -0.2) is 0 Å². The molecule has 6 heteroatoms. The maximum Gasteiger partial charge on any atom is 0.241 e. The maximum absolute atomic E-state index is 12.0. The van der Waals surface area contributed by atoms with Gasteiger partial charge in [0.2, 0.25) is 5.91 Å². The predicted octanol–water partition coefficient (Wildman–Crippen LogP) is 2.35. The molecule has 3 N–H and O–H groups in total. The highest BCUT2D eigenvalue weighted by Crippen LogP contribution is 2.31. The van der Waals surface area contributed by atoms with Crippen LogP contribution in [-0.2, 0) is 9.53 Å². The largest absolute Gasteiger partial charge is 0.495 e. The molecule has 0 radical (unpaired) electrons. The van der Waals surface area contributed by atoms with E-state index >= 15 is 0 Å². The Morgan fingerprint density at radius 3 is 2.75 bits per heavy atom. The minimum atomic E-state index is -0.578. The van der Waals surface area contributed by atoms with Gasteiger partial charge in [0, 0.05) is 24.8 Å². The zero-order chi connectivity index (χ0) is 15.1. The van der Waals surface area contributed by atoms with Crippen LogP contribution < -0.4 is 15.8 Å². The first-order valence-corrected chi connectivity index (χ1v) is 6.77. The Bertz CT molecular complexity index is 466. The molecular weight excluding hydrogens is 280 g/mol. The Kier molecular flexibility index (Phi) is 6.78. The van der Waals surface area contributed by atoms with E-state index in [-0.39, 0.29) is 5.91 Å². The van der Waals surface area contributed by atoms with Crippen LogP contribution in [0.4, 0.5) is 5.69 Å². The predicted molar refractivity (Wildman–Crippen MR) is 80.5 cm³/mol. The first-order valence-electron chi connectivity index (χ1n) is 6.39. The summed E-state index contributed by atoms with van der Waals surface area (Å²) in [6.07, 6.45) is 1.30. The number of amides is 1. The molecule has 0 heterocycles. The van der Waals surface area contributed by atoms with Gasteiger partial charge >= 0.3 is 0 Å². The highest BCUT2D eigenvalue weighted by atomic mass is 35.5. The monoisotopic (exact) mass is 300 g/mol. The lowest BCUT2D eigenvalue weighted by molar-refractivity contribution is -0.117. The third kappa shape index (κ3) is 4.67. The molecule has 0 aliphatic rings. The van der Waals surface area contributed by atoms with Crippen molar-refractivity contribution in [1.82, 2.24) is 0 Å². The van der Waals surface area contributed by atoms with Crippen molar-refractivity contribution >= 4 is 23.2 Å². The van der Waals surface area contributed by atoms with Crippen LogP contribution in [0.1, 0.15) is 18.4 Å². The summed E-state index contributed by atoms with van der Waals surface area (Å²) in [5.41, 5.74) is 7.26. The smallest absolute Gasteiger partial charge is 0.241 e. The number of hydrogen-bond acceptors (Lipinski definition) is 4. The number of anilines is 1. The second-order valence-corrected chi connectivity index (χ2v) is 4.94. The quantitative estimate of drug-likeness (QED) is 0.758. The molecule has 112 valence electrons. The van der Waals surface area contributed by atoms with Crippen LogP contribution in [0.15, 0.2) is 12.1 Å². The number of rotatable bonds is 7. The first-order chi connectivity index (χ1) is 9.49. The zero-order valence-electron chi connectivity index (χ0n) is 12.0. The van der Waals surface area contributed by atoms with Gasteiger partial charge in [0.1, 0.15) is 5.75 Å². The Balaban J connectivity index is 2.72. The third-order valence-corrected chi connectivity index (χ3v) is 3.35. The van der Waals surface area contributed by atoms with Crippen molar-refractivity contribution in [1.29, 1.82) is 0 Å². The molecule has 0 aromatic heterocycles. The van der Waals surface area contributed by atoms with Gasteiger partial charge in [0.25, 0.3) is 0 Å². The van der Waals surface area contributed by atoms with Crippen LogP contribution in [0.5, 0.6) is 5.75 Å². The summed E-state index contributed by atoms with van der Waals surface area (Å²) in [6, 6.07) is 2.86. The van der Waals surface area contributed by atoms with Crippen molar-refractivity contribution in [2.45, 2.75) is 25.8 Å². The van der Waals surface area contributed by atoms with E-state index in [1.807, 2.05) is 6.92 Å². The number of methoxy groups -OCH3 is 2. The fourth-order valence-corrected chi connectivity index (χ4v) is 1.89. The lowest BCUT2D eigenvalue weighted by Gasteiger charge is -2.15. The lowest BCUT2D eigenvalue weighted by atomic mass is 10.1. The summed E-state index contributed by atoms with van der Waals surface area (Å²) >= 11 is 6.02. The van der Waals surface area contributed by atoms with Crippen molar-refractivity contribution in [3.05, 3.63) is 22.7 Å². The maximum atomic E-state index is 12.0. The molecule has 1 aromatic rings. The minimum Gasteiger partial charge on any atom is -0.495 e. The molecule has 0 saturated carbocycles. The molecule has 1 amide bonds. The van der Waals surface area contributed by atoms with Gasteiger partial charge in [-0.05, 0) is 31.4 Å². The molecule has 5 nitrogen and oxygen atoms in total. The molecule has 20 heavy (non-hydrogen) atoms. The summed E-state index contributed by atoms with van der Waals surface area (Å²) < 4.78 is 10.1. The SMILES string of the molecule is COCCCC(N)C(=O)Nc1cc(C)c(Cl)cc1OC. The number of ether oxygens (including phenoxy) is 2. The Morgan fingerprint density at radius 1 is 1.45 bits per heavy atom. The highest BCUT2D eigenvalue weighted by molar-refractivity contribution is 6.31. The van der Waals surface area contributed by atoms with Gasteiger partial charge < -0.3 is 20.5 Å². The van der Waals surface area contributed by atoms with Crippen LogP contribution in [0.2, 0.25) is 5.02 Å². The number of carbonyl (C=O) groups is 1. The molecule has 1 rings (SSSR count). The van der Waals surface area contributed by atoms with Crippen molar-refractivity contribution < 1.29 is 14.3 Å². The van der Waals surface area contributed by atoms with E-state index < -0.39 is 6.04 Å². The molecule has 0 spiro atoms. The van der Waals surface area contributed by atoms with E-state index in [0.29, 0.717) is 29.5 Å². The van der Waals surface area contributed by atoms with Crippen LogP contribution in [-0.4, -0.2) is 32.8 Å². The first kappa shape index (κ1) is 16.8. The number of aryl methyl sites for hydroxylation is 1. The fraction of sp³-hybridized carbons (Fsp3) is 0.500. The summed E-state index contributed by atoms with van der Waals surface area (Å²) in [5, 5.41) is 3.36. The third-order valence-electron chi connectivity index (χ3n) is 2.94. The molecule has 0 bridgehead atoms. The van der Waals surface area contributed by atoms with Crippen LogP contribution >= 0.6 is 11.6 Å². The summed E-state index contributed by atoms with van der Waals surface area (Å²) in [5.74, 6) is 0.263. The number of hydrogen-bond donors (Lipinski definition) is 2. The van der Waals surface area contributed by atoms with Crippen molar-refractivity contribution in [3.8, 4) is 5.75 Å². The van der Waals surface area contributed by atoms with Crippen molar-refractivity contribution in [3.63, 3.8) is 0 Å². The molecule has 1 atom stereocenters. The number of carbonyl (C=O) groups excluding carboxylic acids is 1. The van der Waals surface area contributed by atoms with Crippen molar-refractivity contribution in [2.75, 3.05) is 26.1 Å². The number of nitrogens with two attached hydrogens (primary N) is 1. The molecule has 0 fully saturated rings. The standard InChI is InChI=1S/C14H21ClN2O3/c1-9-7-12(13(20-3)8-10(9)15)17-14(18)11(16)5-4-6-19-2/h7-8,11H,4-6,16H2,1-3H3,(H,17,18). The highest BCUT2D eigenvalue weighted by Gasteiger charge is 2.16.